The Hall–Kier alpha value is -3.56. The molecule has 1 N–H and O–H groups in total. The fraction of sp³-hybridized carbons (Fsp3) is 0.238. The van der Waals surface area contributed by atoms with Gasteiger partial charge >= 0.3 is 0 Å². The summed E-state index contributed by atoms with van der Waals surface area (Å²) in [5.74, 6) is -5.81. The Morgan fingerprint density at radius 1 is 1.00 bits per heavy atom. The molecule has 0 aliphatic heterocycles. The lowest BCUT2D eigenvalue weighted by Crippen LogP contribution is -2.12. The molecule has 0 atom stereocenters. The SMILES string of the molecule is CCOc1ccc(C(=O)Nc2cnn(Cc3c(F)cc(F)c(F)c3F)c2)cc1OCC. The van der Waals surface area contributed by atoms with E-state index in [1.54, 1.807) is 19.1 Å². The highest BCUT2D eigenvalue weighted by Crippen LogP contribution is 2.29. The van der Waals surface area contributed by atoms with Crippen LogP contribution in [0.5, 0.6) is 11.5 Å². The van der Waals surface area contributed by atoms with Crippen LogP contribution < -0.4 is 14.8 Å². The van der Waals surface area contributed by atoms with Crippen molar-refractivity contribution in [3.8, 4) is 11.5 Å². The van der Waals surface area contributed by atoms with E-state index < -0.39 is 41.3 Å². The first-order chi connectivity index (χ1) is 14.8. The highest BCUT2D eigenvalue weighted by Gasteiger charge is 2.20. The number of aromatic nitrogens is 2. The van der Waals surface area contributed by atoms with Gasteiger partial charge in [0.05, 0.1) is 31.6 Å². The summed E-state index contributed by atoms with van der Waals surface area (Å²) in [6, 6.07) is 4.96. The van der Waals surface area contributed by atoms with E-state index in [9.17, 15) is 22.4 Å². The fourth-order valence-electron chi connectivity index (χ4n) is 2.82. The van der Waals surface area contributed by atoms with Gasteiger partial charge in [0.1, 0.15) is 5.82 Å². The van der Waals surface area contributed by atoms with Crippen LogP contribution in [0.4, 0.5) is 23.2 Å². The number of anilines is 1. The van der Waals surface area contributed by atoms with Gasteiger partial charge in [-0.25, -0.2) is 17.6 Å². The number of carbonyl (C=O) groups is 1. The number of halogens is 4. The van der Waals surface area contributed by atoms with Crippen LogP contribution in [-0.4, -0.2) is 28.9 Å². The molecule has 0 spiro atoms. The van der Waals surface area contributed by atoms with Gasteiger partial charge in [-0.05, 0) is 32.0 Å². The monoisotopic (exact) mass is 437 g/mol. The molecule has 6 nitrogen and oxygen atoms in total. The number of benzene rings is 2. The second-order valence-electron chi connectivity index (χ2n) is 6.35. The Balaban J connectivity index is 1.75. The van der Waals surface area contributed by atoms with Gasteiger partial charge in [0.2, 0.25) is 0 Å². The summed E-state index contributed by atoms with van der Waals surface area (Å²) in [6.07, 6.45) is 2.56. The van der Waals surface area contributed by atoms with Crippen LogP contribution in [0.3, 0.4) is 0 Å². The van der Waals surface area contributed by atoms with E-state index in [-0.39, 0.29) is 17.3 Å². The van der Waals surface area contributed by atoms with Gasteiger partial charge in [-0.15, -0.1) is 0 Å². The van der Waals surface area contributed by atoms with Crippen molar-refractivity contribution in [1.82, 2.24) is 9.78 Å². The normalized spacial score (nSPS) is 10.8. The van der Waals surface area contributed by atoms with Crippen molar-refractivity contribution in [2.24, 2.45) is 0 Å². The summed E-state index contributed by atoms with van der Waals surface area (Å²) in [6.45, 7) is 3.95. The van der Waals surface area contributed by atoms with Gasteiger partial charge in [-0.1, -0.05) is 0 Å². The van der Waals surface area contributed by atoms with Crippen LogP contribution in [0.25, 0.3) is 0 Å². The van der Waals surface area contributed by atoms with Gasteiger partial charge in [0.15, 0.2) is 29.0 Å². The second-order valence-corrected chi connectivity index (χ2v) is 6.35. The second kappa shape index (κ2) is 9.50. The maximum absolute atomic E-state index is 13.8. The van der Waals surface area contributed by atoms with Gasteiger partial charge in [0, 0.05) is 23.4 Å². The highest BCUT2D eigenvalue weighted by atomic mass is 19.2. The summed E-state index contributed by atoms with van der Waals surface area (Å²) in [7, 11) is 0. The molecule has 0 radical (unpaired) electrons. The molecule has 0 saturated heterocycles. The molecule has 1 aromatic heterocycles. The largest absolute Gasteiger partial charge is 0.490 e. The van der Waals surface area contributed by atoms with Crippen molar-refractivity contribution >= 4 is 11.6 Å². The summed E-state index contributed by atoms with van der Waals surface area (Å²) in [5, 5.41) is 6.48. The average molecular weight is 437 g/mol. The number of rotatable bonds is 8. The summed E-state index contributed by atoms with van der Waals surface area (Å²) in [5.41, 5.74) is -0.162. The molecule has 0 saturated carbocycles. The Labute approximate surface area is 175 Å². The molecule has 1 heterocycles. The Morgan fingerprint density at radius 2 is 1.71 bits per heavy atom. The van der Waals surface area contributed by atoms with E-state index in [1.165, 1.54) is 18.5 Å². The zero-order chi connectivity index (χ0) is 22.5. The van der Waals surface area contributed by atoms with E-state index in [0.29, 0.717) is 24.7 Å². The van der Waals surface area contributed by atoms with Gasteiger partial charge < -0.3 is 14.8 Å². The molecular weight excluding hydrogens is 418 g/mol. The zero-order valence-electron chi connectivity index (χ0n) is 16.7. The van der Waals surface area contributed by atoms with Crippen LogP contribution >= 0.6 is 0 Å². The van der Waals surface area contributed by atoms with Crippen molar-refractivity contribution < 1.29 is 31.8 Å². The minimum Gasteiger partial charge on any atom is -0.490 e. The van der Waals surface area contributed by atoms with Crippen LogP contribution in [-0.2, 0) is 6.54 Å². The minimum absolute atomic E-state index is 0.236. The quantitative estimate of drug-likeness (QED) is 0.319. The third-order valence-corrected chi connectivity index (χ3v) is 4.23. The van der Waals surface area contributed by atoms with Gasteiger partial charge in [-0.3, -0.25) is 9.48 Å². The number of hydrogen-bond donors (Lipinski definition) is 1. The molecule has 0 unspecified atom stereocenters. The fourth-order valence-corrected chi connectivity index (χ4v) is 2.82. The number of ether oxygens (including phenoxy) is 2. The van der Waals surface area contributed by atoms with Crippen LogP contribution in [0.1, 0.15) is 29.8 Å². The molecule has 0 fully saturated rings. The number of carbonyl (C=O) groups excluding carboxylic acids is 1. The van der Waals surface area contributed by atoms with Crippen LogP contribution in [0, 0.1) is 23.3 Å². The zero-order valence-corrected chi connectivity index (χ0v) is 16.7. The third kappa shape index (κ3) is 4.96. The molecule has 0 bridgehead atoms. The Bertz CT molecular complexity index is 1100. The third-order valence-electron chi connectivity index (χ3n) is 4.23. The molecule has 2 aromatic carbocycles. The Morgan fingerprint density at radius 3 is 2.42 bits per heavy atom. The maximum atomic E-state index is 13.8. The predicted octanol–water partition coefficient (Wildman–Crippen LogP) is 4.54. The lowest BCUT2D eigenvalue weighted by molar-refractivity contribution is 0.102. The molecule has 1 amide bonds. The van der Waals surface area contributed by atoms with E-state index in [2.05, 4.69) is 10.4 Å². The molecule has 164 valence electrons. The van der Waals surface area contributed by atoms with E-state index in [0.717, 1.165) is 4.68 Å². The topological polar surface area (TPSA) is 65.4 Å². The van der Waals surface area contributed by atoms with Crippen LogP contribution in [0.15, 0.2) is 36.7 Å². The van der Waals surface area contributed by atoms with Crippen molar-refractivity contribution in [3.63, 3.8) is 0 Å². The summed E-state index contributed by atoms with van der Waals surface area (Å²) in [4.78, 5) is 12.5. The summed E-state index contributed by atoms with van der Waals surface area (Å²) >= 11 is 0. The lowest BCUT2D eigenvalue weighted by Gasteiger charge is -2.12. The first-order valence-corrected chi connectivity index (χ1v) is 9.39. The molecule has 31 heavy (non-hydrogen) atoms. The van der Waals surface area contributed by atoms with Crippen molar-refractivity contribution in [2.45, 2.75) is 20.4 Å². The van der Waals surface area contributed by atoms with E-state index in [4.69, 9.17) is 9.47 Å². The summed E-state index contributed by atoms with van der Waals surface area (Å²) < 4.78 is 66.2. The standard InChI is InChI=1S/C21H19F4N3O3/c1-3-30-17-6-5-12(7-18(17)31-4-2)21(29)27-13-9-26-28(10-13)11-14-15(22)8-16(23)20(25)19(14)24/h5-10H,3-4,11H2,1-2H3,(H,27,29). The smallest absolute Gasteiger partial charge is 0.255 e. The molecule has 0 aliphatic carbocycles. The highest BCUT2D eigenvalue weighted by molar-refractivity contribution is 6.04. The van der Waals surface area contributed by atoms with E-state index >= 15 is 0 Å². The Kier molecular flexibility index (Phi) is 6.78. The van der Waals surface area contributed by atoms with Gasteiger partial charge in [-0.2, -0.15) is 5.10 Å². The molecule has 3 rings (SSSR count). The molecule has 10 heteroatoms. The first-order valence-electron chi connectivity index (χ1n) is 9.39. The first kappa shape index (κ1) is 22.1. The number of amides is 1. The number of nitrogens with one attached hydrogen (secondary N) is 1. The maximum Gasteiger partial charge on any atom is 0.255 e. The molecule has 3 aromatic rings. The predicted molar refractivity (Wildman–Crippen MR) is 104 cm³/mol. The number of nitrogens with zero attached hydrogens (tertiary/aromatic N) is 2. The van der Waals surface area contributed by atoms with Crippen LogP contribution in [0.2, 0.25) is 0 Å². The lowest BCUT2D eigenvalue weighted by atomic mass is 10.2. The van der Waals surface area contributed by atoms with E-state index in [1.807, 2.05) is 6.92 Å². The molecular formula is C21H19F4N3O3. The average Bonchev–Trinajstić information content (AvgIpc) is 3.18. The molecule has 0 aliphatic rings. The minimum atomic E-state index is -1.77. The van der Waals surface area contributed by atoms with Crippen molar-refractivity contribution in [3.05, 3.63) is 71.1 Å². The number of hydrogen-bond acceptors (Lipinski definition) is 4. The van der Waals surface area contributed by atoms with Gasteiger partial charge in [0.25, 0.3) is 5.91 Å². The van der Waals surface area contributed by atoms with Crippen molar-refractivity contribution in [1.29, 1.82) is 0 Å². The van der Waals surface area contributed by atoms with Crippen molar-refractivity contribution in [2.75, 3.05) is 18.5 Å².